The summed E-state index contributed by atoms with van der Waals surface area (Å²) < 4.78 is 5.08. The van der Waals surface area contributed by atoms with Gasteiger partial charge < -0.3 is 25.2 Å². The van der Waals surface area contributed by atoms with Crippen molar-refractivity contribution in [3.63, 3.8) is 0 Å². The zero-order chi connectivity index (χ0) is 22.5. The molecule has 2 aromatic rings. The highest BCUT2D eigenvalue weighted by Gasteiger charge is 2.40. The molecule has 3 amide bonds. The van der Waals surface area contributed by atoms with Crippen LogP contribution in [0.25, 0.3) is 0 Å². The fourth-order valence-corrected chi connectivity index (χ4v) is 3.72. The number of amides is 3. The molecule has 166 valence electrons. The van der Waals surface area contributed by atoms with Gasteiger partial charge in [-0.05, 0) is 24.6 Å². The van der Waals surface area contributed by atoms with Crippen molar-refractivity contribution in [3.8, 4) is 0 Å². The van der Waals surface area contributed by atoms with E-state index in [0.717, 1.165) is 5.56 Å². The molecule has 2 heterocycles. The van der Waals surface area contributed by atoms with Gasteiger partial charge in [0.25, 0.3) is 0 Å². The summed E-state index contributed by atoms with van der Waals surface area (Å²) in [6.07, 6.45) is -0.552. The molecule has 1 aliphatic rings. The van der Waals surface area contributed by atoms with Gasteiger partial charge in [0.1, 0.15) is 17.8 Å². The lowest BCUT2D eigenvalue weighted by Crippen LogP contribution is -2.53. The molecule has 31 heavy (non-hydrogen) atoms. The number of likely N-dealkylation sites (N-methyl/N-ethyl adjacent to an activating group) is 1. The molecule has 9 nitrogen and oxygen atoms in total. The number of carbonyl (C=O) groups is 3. The van der Waals surface area contributed by atoms with Crippen molar-refractivity contribution in [3.05, 3.63) is 52.4 Å². The zero-order valence-electron chi connectivity index (χ0n) is 17.3. The lowest BCUT2D eigenvalue weighted by molar-refractivity contribution is -0.139. The number of carbonyl (C=O) groups excluding carboxylic acids is 3. The Balaban J connectivity index is 1.70. The smallest absolute Gasteiger partial charge is 0.243 e. The van der Waals surface area contributed by atoms with Crippen molar-refractivity contribution in [1.82, 2.24) is 20.7 Å². The summed E-state index contributed by atoms with van der Waals surface area (Å²) in [5.41, 5.74) is 1.47. The second-order valence-corrected chi connectivity index (χ2v) is 8.01. The van der Waals surface area contributed by atoms with Gasteiger partial charge in [-0.25, -0.2) is 0 Å². The number of aliphatic hydroxyl groups excluding tert-OH is 1. The molecule has 0 bridgehead atoms. The Morgan fingerprint density at radius 1 is 1.32 bits per heavy atom. The number of halogens is 1. The second kappa shape index (κ2) is 9.93. The van der Waals surface area contributed by atoms with Crippen LogP contribution in [0.1, 0.15) is 23.4 Å². The Bertz CT molecular complexity index is 946. The van der Waals surface area contributed by atoms with Gasteiger partial charge in [-0.1, -0.05) is 28.9 Å². The topological polar surface area (TPSA) is 125 Å². The van der Waals surface area contributed by atoms with Gasteiger partial charge in [0.2, 0.25) is 17.7 Å². The Labute approximate surface area is 184 Å². The van der Waals surface area contributed by atoms with Crippen LogP contribution < -0.4 is 10.6 Å². The summed E-state index contributed by atoms with van der Waals surface area (Å²) >= 11 is 5.91. The fourth-order valence-electron chi connectivity index (χ4n) is 3.60. The van der Waals surface area contributed by atoms with E-state index in [1.165, 1.54) is 11.9 Å². The minimum atomic E-state index is -0.885. The Morgan fingerprint density at radius 3 is 2.65 bits per heavy atom. The summed E-state index contributed by atoms with van der Waals surface area (Å²) in [4.78, 5) is 39.4. The van der Waals surface area contributed by atoms with Gasteiger partial charge in [0.05, 0.1) is 18.2 Å². The number of hydrogen-bond donors (Lipinski definition) is 3. The van der Waals surface area contributed by atoms with Crippen molar-refractivity contribution < 1.29 is 24.0 Å². The summed E-state index contributed by atoms with van der Waals surface area (Å²) in [5, 5.41) is 19.7. The molecule has 0 saturated carbocycles. The Morgan fingerprint density at radius 2 is 2.03 bits per heavy atom. The second-order valence-electron chi connectivity index (χ2n) is 7.57. The maximum atomic E-state index is 13.0. The highest BCUT2D eigenvalue weighted by atomic mass is 35.5. The maximum Gasteiger partial charge on any atom is 0.243 e. The minimum absolute atomic E-state index is 0.0336. The number of aryl methyl sites for hydroxylation is 1. The van der Waals surface area contributed by atoms with Crippen LogP contribution in [0.5, 0.6) is 0 Å². The highest BCUT2D eigenvalue weighted by Crippen LogP contribution is 2.20. The standard InChI is InChI=1S/C21H25ClN4O5/c1-12-7-16(31-25-12)10-19(28)26-11-15(27)9-18(26)21(30)24-17(20(29)23-2)8-13-3-5-14(22)6-4-13/h3-7,15,17-18,27H,8-11H2,1-2H3,(H,23,29)(H,24,30)/t15-,17-,18+/m1/s1. The van der Waals surface area contributed by atoms with E-state index in [9.17, 15) is 19.5 Å². The number of benzene rings is 1. The molecular formula is C21H25ClN4O5. The molecule has 1 saturated heterocycles. The van der Waals surface area contributed by atoms with E-state index >= 15 is 0 Å². The van der Waals surface area contributed by atoms with E-state index in [-0.39, 0.29) is 37.6 Å². The molecule has 0 spiro atoms. The van der Waals surface area contributed by atoms with Crippen LogP contribution >= 0.6 is 11.6 Å². The summed E-state index contributed by atoms with van der Waals surface area (Å²) in [5.74, 6) is -0.839. The Hall–Kier alpha value is -2.91. The summed E-state index contributed by atoms with van der Waals surface area (Å²) in [7, 11) is 1.48. The number of nitrogens with zero attached hydrogens (tertiary/aromatic N) is 2. The lowest BCUT2D eigenvalue weighted by Gasteiger charge is -2.25. The quantitative estimate of drug-likeness (QED) is 0.570. The third kappa shape index (κ3) is 5.83. The number of nitrogens with one attached hydrogen (secondary N) is 2. The van der Waals surface area contributed by atoms with Gasteiger partial charge in [-0.3, -0.25) is 14.4 Å². The van der Waals surface area contributed by atoms with E-state index < -0.39 is 24.1 Å². The highest BCUT2D eigenvalue weighted by molar-refractivity contribution is 6.30. The molecule has 1 fully saturated rings. The van der Waals surface area contributed by atoms with Crippen LogP contribution in [0.3, 0.4) is 0 Å². The molecule has 3 atom stereocenters. The predicted molar refractivity (Wildman–Crippen MR) is 112 cm³/mol. The fraction of sp³-hybridized carbons (Fsp3) is 0.429. The SMILES string of the molecule is CNC(=O)[C@@H](Cc1ccc(Cl)cc1)NC(=O)[C@@H]1C[C@@H](O)CN1C(=O)Cc1cc(C)no1. The van der Waals surface area contributed by atoms with Crippen molar-refractivity contribution in [1.29, 1.82) is 0 Å². The average Bonchev–Trinajstić information content (AvgIpc) is 3.33. The van der Waals surface area contributed by atoms with Crippen molar-refractivity contribution in [2.45, 2.75) is 44.4 Å². The van der Waals surface area contributed by atoms with Crippen molar-refractivity contribution >= 4 is 29.3 Å². The van der Waals surface area contributed by atoms with Gasteiger partial charge in [-0.2, -0.15) is 0 Å². The van der Waals surface area contributed by atoms with E-state index in [2.05, 4.69) is 15.8 Å². The molecule has 1 aromatic heterocycles. The van der Waals surface area contributed by atoms with Gasteiger partial charge in [-0.15, -0.1) is 0 Å². The monoisotopic (exact) mass is 448 g/mol. The number of aromatic nitrogens is 1. The molecule has 10 heteroatoms. The van der Waals surface area contributed by atoms with Crippen LogP contribution in [-0.4, -0.2) is 64.7 Å². The normalized spacial score (nSPS) is 19.2. The van der Waals surface area contributed by atoms with Gasteiger partial charge in [0, 0.05) is 37.5 Å². The van der Waals surface area contributed by atoms with Crippen molar-refractivity contribution in [2.24, 2.45) is 0 Å². The largest absolute Gasteiger partial charge is 0.391 e. The molecule has 0 radical (unpaired) electrons. The molecule has 0 unspecified atom stereocenters. The third-order valence-corrected chi connectivity index (χ3v) is 5.39. The summed E-state index contributed by atoms with van der Waals surface area (Å²) in [6.45, 7) is 1.78. The van der Waals surface area contributed by atoms with Crippen LogP contribution in [0.4, 0.5) is 0 Å². The first-order valence-corrected chi connectivity index (χ1v) is 10.3. The van der Waals surface area contributed by atoms with E-state index in [1.54, 1.807) is 37.3 Å². The van der Waals surface area contributed by atoms with Crippen LogP contribution in [0.15, 0.2) is 34.9 Å². The molecule has 3 rings (SSSR count). The van der Waals surface area contributed by atoms with Crippen LogP contribution in [-0.2, 0) is 27.2 Å². The predicted octanol–water partition coefficient (Wildman–Crippen LogP) is 0.614. The van der Waals surface area contributed by atoms with Gasteiger partial charge >= 0.3 is 0 Å². The molecular weight excluding hydrogens is 424 g/mol. The van der Waals surface area contributed by atoms with E-state index in [4.69, 9.17) is 16.1 Å². The molecule has 1 aromatic carbocycles. The minimum Gasteiger partial charge on any atom is -0.391 e. The summed E-state index contributed by atoms with van der Waals surface area (Å²) in [6, 6.07) is 6.89. The zero-order valence-corrected chi connectivity index (χ0v) is 18.1. The molecule has 3 N–H and O–H groups in total. The number of β-amino-alcohol motifs (C(OH)–C–C–N with tert-alkyl or cyclic N) is 1. The Kier molecular flexibility index (Phi) is 7.29. The van der Waals surface area contributed by atoms with Gasteiger partial charge in [0.15, 0.2) is 0 Å². The molecule has 1 aliphatic heterocycles. The first-order valence-electron chi connectivity index (χ1n) is 9.93. The molecule has 0 aliphatic carbocycles. The van der Waals surface area contributed by atoms with Crippen LogP contribution in [0, 0.1) is 6.92 Å². The van der Waals surface area contributed by atoms with E-state index in [1.807, 2.05) is 0 Å². The first kappa shape index (κ1) is 22.8. The maximum absolute atomic E-state index is 13.0. The number of likely N-dealkylation sites (tertiary alicyclic amines) is 1. The average molecular weight is 449 g/mol. The lowest BCUT2D eigenvalue weighted by atomic mass is 10.0. The number of rotatable bonds is 7. The first-order chi connectivity index (χ1) is 14.8. The van der Waals surface area contributed by atoms with Crippen molar-refractivity contribution in [2.75, 3.05) is 13.6 Å². The third-order valence-electron chi connectivity index (χ3n) is 5.14. The van der Waals surface area contributed by atoms with E-state index in [0.29, 0.717) is 16.5 Å². The number of aliphatic hydroxyl groups is 1. The van der Waals surface area contributed by atoms with Crippen LogP contribution in [0.2, 0.25) is 5.02 Å². The number of hydrogen-bond acceptors (Lipinski definition) is 6.